The Bertz CT molecular complexity index is 879. The molecule has 0 bridgehead atoms. The average molecular weight is 311 g/mol. The molecule has 0 spiro atoms. The van der Waals surface area contributed by atoms with Crippen molar-refractivity contribution in [1.82, 2.24) is 34.6 Å². The predicted octanol–water partition coefficient (Wildman–Crippen LogP) is 1.98. The minimum absolute atomic E-state index is 0.0266. The summed E-state index contributed by atoms with van der Waals surface area (Å²) in [6.07, 6.45) is 3.93. The zero-order chi connectivity index (χ0) is 14.9. The van der Waals surface area contributed by atoms with Gasteiger partial charge in [-0.2, -0.15) is 14.7 Å². The lowest BCUT2D eigenvalue weighted by atomic mass is 10.1. The third-order valence-corrected chi connectivity index (χ3v) is 4.54. The number of rotatable bonds is 4. The van der Waals surface area contributed by atoms with Gasteiger partial charge >= 0.3 is 0 Å². The van der Waals surface area contributed by atoms with Gasteiger partial charge in [-0.25, -0.2) is 9.67 Å². The van der Waals surface area contributed by atoms with Crippen molar-refractivity contribution >= 4 is 16.3 Å². The summed E-state index contributed by atoms with van der Waals surface area (Å²) < 4.78 is 3.60. The Hall–Kier alpha value is -2.61. The number of aromatic nitrogens is 7. The first-order valence-electron chi connectivity index (χ1n) is 6.90. The smallest absolute Gasteiger partial charge is 0.234 e. The van der Waals surface area contributed by atoms with Gasteiger partial charge in [0.25, 0.3) is 0 Å². The summed E-state index contributed by atoms with van der Waals surface area (Å²) in [5.74, 6) is 0.842. The van der Waals surface area contributed by atoms with Crippen LogP contribution in [0.3, 0.4) is 0 Å². The van der Waals surface area contributed by atoms with Gasteiger partial charge in [0.05, 0.1) is 0 Å². The van der Waals surface area contributed by atoms with Crippen molar-refractivity contribution in [2.75, 3.05) is 0 Å². The molecule has 0 radical (unpaired) electrons. The monoisotopic (exact) mass is 311 g/mol. The minimum Gasteiger partial charge on any atom is -0.243 e. The Morgan fingerprint density at radius 1 is 1.18 bits per heavy atom. The van der Waals surface area contributed by atoms with Gasteiger partial charge in [0, 0.05) is 6.42 Å². The maximum absolute atomic E-state index is 4.65. The molecule has 0 aliphatic carbocycles. The highest BCUT2D eigenvalue weighted by Crippen LogP contribution is 2.23. The fourth-order valence-corrected chi connectivity index (χ4v) is 3.16. The molecular formula is C14H13N7S. The third-order valence-electron chi connectivity index (χ3n) is 3.47. The van der Waals surface area contributed by atoms with Crippen LogP contribution in [-0.2, 0) is 6.42 Å². The second-order valence-corrected chi connectivity index (χ2v) is 5.95. The third kappa shape index (κ3) is 2.27. The van der Waals surface area contributed by atoms with E-state index in [1.807, 2.05) is 29.6 Å². The van der Waals surface area contributed by atoms with Crippen LogP contribution < -0.4 is 0 Å². The van der Waals surface area contributed by atoms with Crippen molar-refractivity contribution in [3.63, 3.8) is 0 Å². The van der Waals surface area contributed by atoms with E-state index in [0.29, 0.717) is 6.42 Å². The summed E-state index contributed by atoms with van der Waals surface area (Å²) in [5.41, 5.74) is 1.19. The fourth-order valence-electron chi connectivity index (χ4n) is 2.26. The first kappa shape index (κ1) is 13.1. The van der Waals surface area contributed by atoms with Gasteiger partial charge in [-0.05, 0) is 12.5 Å². The summed E-state index contributed by atoms with van der Waals surface area (Å²) in [5, 5.41) is 18.2. The number of hydrogen-bond acceptors (Lipinski definition) is 6. The molecule has 3 heterocycles. The van der Waals surface area contributed by atoms with Crippen LogP contribution in [0.25, 0.3) is 4.96 Å². The largest absolute Gasteiger partial charge is 0.243 e. The van der Waals surface area contributed by atoms with Gasteiger partial charge in [-0.1, -0.05) is 41.7 Å². The normalized spacial score (nSPS) is 12.8. The molecule has 0 fully saturated rings. The van der Waals surface area contributed by atoms with Gasteiger partial charge in [-0.15, -0.1) is 10.2 Å². The van der Waals surface area contributed by atoms with Crippen LogP contribution >= 0.6 is 11.3 Å². The number of fused-ring (bicyclic) bond motifs is 1. The van der Waals surface area contributed by atoms with Crippen molar-refractivity contribution in [3.8, 4) is 0 Å². The Balaban J connectivity index is 1.67. The van der Waals surface area contributed by atoms with Crippen LogP contribution in [0.1, 0.15) is 29.4 Å². The lowest BCUT2D eigenvalue weighted by Gasteiger charge is -2.06. The van der Waals surface area contributed by atoms with Crippen molar-refractivity contribution in [2.45, 2.75) is 19.4 Å². The SMILES string of the molecule is CC(c1nn2c(Cc3ccccc3)nnc2s1)n1cncn1. The van der Waals surface area contributed by atoms with E-state index in [9.17, 15) is 0 Å². The number of benzene rings is 1. The molecule has 0 aliphatic rings. The van der Waals surface area contributed by atoms with Gasteiger partial charge < -0.3 is 0 Å². The lowest BCUT2D eigenvalue weighted by Crippen LogP contribution is -2.08. The quantitative estimate of drug-likeness (QED) is 0.576. The average Bonchev–Trinajstić information content (AvgIpc) is 3.26. The van der Waals surface area contributed by atoms with Crippen molar-refractivity contribution in [3.05, 3.63) is 59.4 Å². The molecule has 0 saturated carbocycles. The van der Waals surface area contributed by atoms with E-state index in [-0.39, 0.29) is 6.04 Å². The molecule has 3 aromatic heterocycles. The summed E-state index contributed by atoms with van der Waals surface area (Å²) in [6.45, 7) is 2.04. The zero-order valence-electron chi connectivity index (χ0n) is 11.9. The number of hydrogen-bond donors (Lipinski definition) is 0. The fraction of sp³-hybridized carbons (Fsp3) is 0.214. The lowest BCUT2D eigenvalue weighted by molar-refractivity contribution is 0.552. The van der Waals surface area contributed by atoms with Gasteiger partial charge in [0.15, 0.2) is 5.82 Å². The van der Waals surface area contributed by atoms with Crippen LogP contribution in [0.15, 0.2) is 43.0 Å². The molecule has 1 unspecified atom stereocenters. The molecule has 7 nitrogen and oxygen atoms in total. The Labute approximate surface area is 130 Å². The van der Waals surface area contributed by atoms with E-state index >= 15 is 0 Å². The maximum atomic E-state index is 4.65. The van der Waals surface area contributed by atoms with E-state index in [4.69, 9.17) is 0 Å². The summed E-state index contributed by atoms with van der Waals surface area (Å²) in [4.78, 5) is 4.78. The first-order chi connectivity index (χ1) is 10.8. The Morgan fingerprint density at radius 3 is 2.82 bits per heavy atom. The number of nitrogens with zero attached hydrogens (tertiary/aromatic N) is 7. The minimum atomic E-state index is 0.0266. The molecule has 22 heavy (non-hydrogen) atoms. The van der Waals surface area contributed by atoms with Crippen molar-refractivity contribution in [2.24, 2.45) is 0 Å². The summed E-state index contributed by atoms with van der Waals surface area (Å²) in [6, 6.07) is 10.2. The van der Waals surface area contributed by atoms with Crippen LogP contribution in [0.2, 0.25) is 0 Å². The van der Waals surface area contributed by atoms with Crippen LogP contribution in [0.4, 0.5) is 0 Å². The summed E-state index contributed by atoms with van der Waals surface area (Å²) in [7, 11) is 0. The Morgan fingerprint density at radius 2 is 2.05 bits per heavy atom. The van der Waals surface area contributed by atoms with Crippen molar-refractivity contribution in [1.29, 1.82) is 0 Å². The van der Waals surface area contributed by atoms with E-state index in [0.717, 1.165) is 15.8 Å². The molecule has 0 aliphatic heterocycles. The second kappa shape index (κ2) is 5.30. The van der Waals surface area contributed by atoms with E-state index in [1.165, 1.54) is 23.2 Å². The van der Waals surface area contributed by atoms with Crippen LogP contribution in [-0.4, -0.2) is 34.6 Å². The van der Waals surface area contributed by atoms with E-state index in [2.05, 4.69) is 37.5 Å². The molecule has 1 aromatic carbocycles. The molecule has 0 saturated heterocycles. The Kier molecular flexibility index (Phi) is 3.15. The highest BCUT2D eigenvalue weighted by Gasteiger charge is 2.17. The van der Waals surface area contributed by atoms with Gasteiger partial charge in [0.1, 0.15) is 23.7 Å². The molecule has 4 rings (SSSR count). The second-order valence-electron chi connectivity index (χ2n) is 4.96. The van der Waals surface area contributed by atoms with Gasteiger partial charge in [0.2, 0.25) is 4.96 Å². The van der Waals surface area contributed by atoms with E-state index in [1.54, 1.807) is 11.0 Å². The van der Waals surface area contributed by atoms with Crippen molar-refractivity contribution < 1.29 is 0 Å². The molecule has 1 atom stereocenters. The molecule has 0 amide bonds. The predicted molar refractivity (Wildman–Crippen MR) is 81.7 cm³/mol. The first-order valence-corrected chi connectivity index (χ1v) is 7.72. The molecule has 4 aromatic rings. The van der Waals surface area contributed by atoms with Crippen LogP contribution in [0.5, 0.6) is 0 Å². The standard InChI is InChI=1S/C14H13N7S/c1-10(20-9-15-8-16-20)13-19-21-12(17-18-14(21)22-13)7-11-5-3-2-4-6-11/h2-6,8-10H,7H2,1H3. The van der Waals surface area contributed by atoms with E-state index < -0.39 is 0 Å². The topological polar surface area (TPSA) is 73.8 Å². The molecule has 8 heteroatoms. The zero-order valence-corrected chi connectivity index (χ0v) is 12.7. The molecular weight excluding hydrogens is 298 g/mol. The molecule has 0 N–H and O–H groups in total. The summed E-state index contributed by atoms with van der Waals surface area (Å²) >= 11 is 1.52. The van der Waals surface area contributed by atoms with Gasteiger partial charge in [-0.3, -0.25) is 0 Å². The highest BCUT2D eigenvalue weighted by atomic mass is 32.1. The van der Waals surface area contributed by atoms with Crippen LogP contribution in [0, 0.1) is 0 Å². The maximum Gasteiger partial charge on any atom is 0.234 e. The highest BCUT2D eigenvalue weighted by molar-refractivity contribution is 7.16. The molecule has 110 valence electrons.